The van der Waals surface area contributed by atoms with Gasteiger partial charge in [-0.2, -0.15) is 0 Å². The van der Waals surface area contributed by atoms with E-state index in [1.807, 2.05) is 24.3 Å². The number of rotatable bonds is 6. The number of benzene rings is 1. The molecule has 1 aromatic heterocycles. The number of fused-ring (bicyclic) bond motifs is 1. The van der Waals surface area contributed by atoms with Crippen LogP contribution < -0.4 is 5.32 Å². The van der Waals surface area contributed by atoms with Gasteiger partial charge in [-0.3, -0.25) is 9.69 Å². The zero-order valence-electron chi connectivity index (χ0n) is 13.1. The summed E-state index contributed by atoms with van der Waals surface area (Å²) >= 11 is 0. The summed E-state index contributed by atoms with van der Waals surface area (Å²) < 4.78 is 0. The van der Waals surface area contributed by atoms with Crippen LogP contribution in [0.2, 0.25) is 0 Å². The number of aryl methyl sites for hydroxylation is 1. The zero-order valence-corrected chi connectivity index (χ0v) is 13.1. The monoisotopic (exact) mass is 300 g/mol. The van der Waals surface area contributed by atoms with Gasteiger partial charge in [0.1, 0.15) is 5.82 Å². The topological polar surface area (TPSA) is 61.0 Å². The molecule has 5 nitrogen and oxygen atoms in total. The molecule has 2 heterocycles. The summed E-state index contributed by atoms with van der Waals surface area (Å²) in [7, 11) is 0. The molecule has 1 aliphatic rings. The molecule has 118 valence electrons. The predicted octanol–water partition coefficient (Wildman–Crippen LogP) is 2.10. The maximum Gasteiger partial charge on any atom is 0.220 e. The summed E-state index contributed by atoms with van der Waals surface area (Å²) in [6, 6.07) is 8.46. The first-order valence-electron chi connectivity index (χ1n) is 8.20. The fourth-order valence-corrected chi connectivity index (χ4v) is 3.22. The Hall–Kier alpha value is -1.88. The summed E-state index contributed by atoms with van der Waals surface area (Å²) in [5.74, 6) is 0.996. The lowest BCUT2D eigenvalue weighted by Gasteiger charge is -2.22. The molecule has 2 N–H and O–H groups in total. The first-order valence-corrected chi connectivity index (χ1v) is 8.20. The highest BCUT2D eigenvalue weighted by Gasteiger charge is 2.22. The molecule has 1 fully saturated rings. The number of likely N-dealkylation sites (tertiary alicyclic amines) is 1. The Kier molecular flexibility index (Phi) is 4.73. The summed E-state index contributed by atoms with van der Waals surface area (Å²) in [4.78, 5) is 22.2. The number of H-pyrrole nitrogens is 1. The fourth-order valence-electron chi connectivity index (χ4n) is 3.22. The van der Waals surface area contributed by atoms with Crippen LogP contribution in [0.1, 0.15) is 32.0 Å². The number of imidazole rings is 1. The quantitative estimate of drug-likeness (QED) is 0.859. The van der Waals surface area contributed by atoms with Crippen molar-refractivity contribution >= 4 is 16.9 Å². The van der Waals surface area contributed by atoms with E-state index in [9.17, 15) is 4.79 Å². The lowest BCUT2D eigenvalue weighted by atomic mass is 10.2. The van der Waals surface area contributed by atoms with Crippen molar-refractivity contribution in [3.05, 3.63) is 30.1 Å². The van der Waals surface area contributed by atoms with Crippen LogP contribution in [-0.2, 0) is 11.2 Å². The van der Waals surface area contributed by atoms with Crippen LogP contribution in [0.25, 0.3) is 11.0 Å². The third-order valence-electron chi connectivity index (χ3n) is 4.47. The van der Waals surface area contributed by atoms with Gasteiger partial charge in [0.2, 0.25) is 5.91 Å². The number of amides is 1. The molecular weight excluding hydrogens is 276 g/mol. The Morgan fingerprint density at radius 3 is 3.14 bits per heavy atom. The van der Waals surface area contributed by atoms with Crippen LogP contribution in [0.15, 0.2) is 24.3 Å². The van der Waals surface area contributed by atoms with Gasteiger partial charge in [-0.05, 0) is 38.1 Å². The standard InChI is InChI=1S/C17H24N4O/c1-2-21-11-5-6-13(21)12-18-17(22)10-9-16-19-14-7-3-4-8-15(14)20-16/h3-4,7-8,13H,2,5-6,9-12H2,1H3,(H,18,22)(H,19,20). The fraction of sp³-hybridized carbons (Fsp3) is 0.529. The molecule has 3 rings (SSSR count). The molecule has 5 heteroatoms. The second kappa shape index (κ2) is 6.92. The molecule has 0 spiro atoms. The van der Waals surface area contributed by atoms with Gasteiger partial charge in [0.25, 0.3) is 0 Å². The van der Waals surface area contributed by atoms with Crippen LogP contribution >= 0.6 is 0 Å². The molecule has 1 aliphatic heterocycles. The Labute approximate surface area is 131 Å². The van der Waals surface area contributed by atoms with Crippen molar-refractivity contribution < 1.29 is 4.79 Å². The molecular formula is C17H24N4O. The van der Waals surface area contributed by atoms with E-state index in [-0.39, 0.29) is 5.91 Å². The molecule has 0 saturated carbocycles. The molecule has 0 bridgehead atoms. The average molecular weight is 300 g/mol. The van der Waals surface area contributed by atoms with Crippen molar-refractivity contribution in [2.45, 2.75) is 38.6 Å². The van der Waals surface area contributed by atoms with Gasteiger partial charge in [-0.15, -0.1) is 0 Å². The van der Waals surface area contributed by atoms with Crippen LogP contribution in [-0.4, -0.2) is 46.5 Å². The summed E-state index contributed by atoms with van der Waals surface area (Å²) in [5.41, 5.74) is 1.99. The van der Waals surface area contributed by atoms with Crippen molar-refractivity contribution in [3.63, 3.8) is 0 Å². The number of nitrogens with one attached hydrogen (secondary N) is 2. The van der Waals surface area contributed by atoms with Crippen molar-refractivity contribution in [2.75, 3.05) is 19.6 Å². The Morgan fingerprint density at radius 2 is 2.32 bits per heavy atom. The van der Waals surface area contributed by atoms with Crippen LogP contribution in [0.4, 0.5) is 0 Å². The Balaban J connectivity index is 1.46. The number of para-hydroxylation sites is 2. The summed E-state index contributed by atoms with van der Waals surface area (Å²) in [5, 5.41) is 3.07. The van der Waals surface area contributed by atoms with E-state index in [4.69, 9.17) is 0 Å². The minimum Gasteiger partial charge on any atom is -0.355 e. The number of nitrogens with zero attached hydrogens (tertiary/aromatic N) is 2. The predicted molar refractivity (Wildman–Crippen MR) is 87.7 cm³/mol. The number of hydrogen-bond acceptors (Lipinski definition) is 3. The zero-order chi connectivity index (χ0) is 15.4. The first kappa shape index (κ1) is 15.0. The lowest BCUT2D eigenvalue weighted by molar-refractivity contribution is -0.121. The molecule has 22 heavy (non-hydrogen) atoms. The van der Waals surface area contributed by atoms with Gasteiger partial charge in [-0.25, -0.2) is 4.98 Å². The first-order chi connectivity index (χ1) is 10.8. The van der Waals surface area contributed by atoms with Crippen LogP contribution in [0, 0.1) is 0 Å². The van der Waals surface area contributed by atoms with E-state index in [1.165, 1.54) is 12.8 Å². The third-order valence-corrected chi connectivity index (χ3v) is 4.47. The number of aromatic amines is 1. The molecule has 0 aliphatic carbocycles. The highest BCUT2D eigenvalue weighted by Crippen LogP contribution is 2.15. The minimum atomic E-state index is 0.114. The number of carbonyl (C=O) groups excluding carboxylic acids is 1. The van der Waals surface area contributed by atoms with Gasteiger partial charge in [0, 0.05) is 25.4 Å². The summed E-state index contributed by atoms with van der Waals surface area (Å²) in [6.45, 7) is 5.18. The maximum atomic E-state index is 12.0. The largest absolute Gasteiger partial charge is 0.355 e. The Bertz CT molecular complexity index is 603. The van der Waals surface area contributed by atoms with Crippen molar-refractivity contribution in [2.24, 2.45) is 0 Å². The third kappa shape index (κ3) is 3.47. The van der Waals surface area contributed by atoms with E-state index in [2.05, 4.69) is 27.1 Å². The SMILES string of the molecule is CCN1CCCC1CNC(=O)CCc1nc2ccccc2[nH]1. The number of hydrogen-bond donors (Lipinski definition) is 2. The van der Waals surface area contributed by atoms with Gasteiger partial charge in [0.05, 0.1) is 11.0 Å². The van der Waals surface area contributed by atoms with Crippen LogP contribution in [0.3, 0.4) is 0 Å². The molecule has 2 aromatic rings. The number of likely N-dealkylation sites (N-methyl/N-ethyl adjacent to an activating group) is 1. The average Bonchev–Trinajstić information content (AvgIpc) is 3.16. The highest BCUT2D eigenvalue weighted by atomic mass is 16.1. The maximum absolute atomic E-state index is 12.0. The number of aromatic nitrogens is 2. The second-order valence-electron chi connectivity index (χ2n) is 5.93. The Morgan fingerprint density at radius 1 is 1.45 bits per heavy atom. The molecule has 1 atom stereocenters. The van der Waals surface area contributed by atoms with E-state index in [0.29, 0.717) is 18.9 Å². The molecule has 1 aromatic carbocycles. The van der Waals surface area contributed by atoms with Crippen molar-refractivity contribution in [1.29, 1.82) is 0 Å². The van der Waals surface area contributed by atoms with E-state index >= 15 is 0 Å². The molecule has 1 saturated heterocycles. The van der Waals surface area contributed by atoms with Crippen molar-refractivity contribution in [1.82, 2.24) is 20.2 Å². The van der Waals surface area contributed by atoms with Gasteiger partial charge < -0.3 is 10.3 Å². The van der Waals surface area contributed by atoms with E-state index in [0.717, 1.165) is 36.5 Å². The van der Waals surface area contributed by atoms with Gasteiger partial charge >= 0.3 is 0 Å². The van der Waals surface area contributed by atoms with Crippen molar-refractivity contribution in [3.8, 4) is 0 Å². The molecule has 1 amide bonds. The second-order valence-corrected chi connectivity index (χ2v) is 5.93. The molecule has 1 unspecified atom stereocenters. The van der Waals surface area contributed by atoms with Gasteiger partial charge in [-0.1, -0.05) is 19.1 Å². The van der Waals surface area contributed by atoms with Crippen LogP contribution in [0.5, 0.6) is 0 Å². The number of carbonyl (C=O) groups is 1. The summed E-state index contributed by atoms with van der Waals surface area (Å²) in [6.07, 6.45) is 3.58. The normalized spacial score (nSPS) is 18.9. The smallest absolute Gasteiger partial charge is 0.220 e. The highest BCUT2D eigenvalue weighted by molar-refractivity contribution is 5.77. The molecule has 0 radical (unpaired) electrons. The van der Waals surface area contributed by atoms with Gasteiger partial charge in [0.15, 0.2) is 0 Å². The minimum absolute atomic E-state index is 0.114. The lowest BCUT2D eigenvalue weighted by Crippen LogP contribution is -2.40. The van der Waals surface area contributed by atoms with E-state index in [1.54, 1.807) is 0 Å². The van der Waals surface area contributed by atoms with E-state index < -0.39 is 0 Å².